The Labute approximate surface area is 177 Å². The van der Waals surface area contributed by atoms with Gasteiger partial charge in [0.2, 0.25) is 11.6 Å². The van der Waals surface area contributed by atoms with E-state index in [1.807, 2.05) is 0 Å². The van der Waals surface area contributed by atoms with E-state index in [0.29, 0.717) is 28.4 Å². The Balaban J connectivity index is 1.71. The zero-order valence-electron chi connectivity index (χ0n) is 15.3. The predicted octanol–water partition coefficient (Wildman–Crippen LogP) is 4.82. The molecular weight excluding hydrogens is 430 g/mol. The highest BCUT2D eigenvalue weighted by Crippen LogP contribution is 2.34. The number of hydrogen-bond acceptors (Lipinski definition) is 9. The summed E-state index contributed by atoms with van der Waals surface area (Å²) in [7, 11) is 0. The second kappa shape index (κ2) is 7.80. The number of nitro benzene ring substituents is 2. The van der Waals surface area contributed by atoms with Crippen LogP contribution < -0.4 is 0 Å². The number of non-ortho nitro benzene ring substituents is 1. The number of fused-ring (bicyclic) bond motifs is 1. The highest BCUT2D eigenvalue weighted by molar-refractivity contribution is 6.31. The molecule has 2 aromatic carbocycles. The molecule has 0 aliphatic carbocycles. The summed E-state index contributed by atoms with van der Waals surface area (Å²) in [4.78, 5) is 32.9. The Kier molecular flexibility index (Phi) is 5.01. The van der Waals surface area contributed by atoms with Crippen LogP contribution in [0.1, 0.15) is 5.56 Å². The van der Waals surface area contributed by atoms with E-state index >= 15 is 0 Å². The fourth-order valence-corrected chi connectivity index (χ4v) is 2.97. The van der Waals surface area contributed by atoms with Gasteiger partial charge in [0.05, 0.1) is 27.2 Å². The van der Waals surface area contributed by atoms with E-state index in [1.54, 1.807) is 30.3 Å². The predicted molar refractivity (Wildman–Crippen MR) is 111 cm³/mol. The Morgan fingerprint density at radius 3 is 2.65 bits per heavy atom. The summed E-state index contributed by atoms with van der Waals surface area (Å²) in [6.45, 7) is 0. The number of benzene rings is 2. The molecule has 2 heterocycles. The van der Waals surface area contributed by atoms with Gasteiger partial charge in [-0.15, -0.1) is 0 Å². The van der Waals surface area contributed by atoms with Crippen molar-refractivity contribution in [2.24, 2.45) is 4.99 Å². The quantitative estimate of drug-likeness (QED) is 0.200. The minimum absolute atomic E-state index is 0.177. The first-order chi connectivity index (χ1) is 14.8. The summed E-state index contributed by atoms with van der Waals surface area (Å²) in [6, 6.07) is 9.84. The van der Waals surface area contributed by atoms with Gasteiger partial charge in [-0.1, -0.05) is 11.6 Å². The smallest absolute Gasteiger partial charge is 0.318 e. The van der Waals surface area contributed by atoms with Crippen LogP contribution in [0.25, 0.3) is 22.6 Å². The monoisotopic (exact) mass is 439 g/mol. The Morgan fingerprint density at radius 1 is 1.13 bits per heavy atom. The van der Waals surface area contributed by atoms with Crippen LogP contribution in [0.5, 0.6) is 5.75 Å². The number of aliphatic imine (C=N–C) groups is 1. The normalized spacial score (nSPS) is 11.3. The van der Waals surface area contributed by atoms with Gasteiger partial charge in [-0.2, -0.15) is 0 Å². The molecular formula is C19H10ClN5O6. The first kappa shape index (κ1) is 19.9. The van der Waals surface area contributed by atoms with E-state index in [4.69, 9.17) is 16.0 Å². The maximum atomic E-state index is 11.1. The van der Waals surface area contributed by atoms with Crippen molar-refractivity contribution >= 4 is 46.0 Å². The number of halogens is 1. The van der Waals surface area contributed by atoms with Crippen LogP contribution in [0.3, 0.4) is 0 Å². The first-order valence-electron chi connectivity index (χ1n) is 8.55. The topological polar surface area (TPSA) is 158 Å². The van der Waals surface area contributed by atoms with E-state index in [1.165, 1.54) is 6.20 Å². The van der Waals surface area contributed by atoms with Gasteiger partial charge in [-0.25, -0.2) is 9.97 Å². The van der Waals surface area contributed by atoms with Gasteiger partial charge >= 0.3 is 5.69 Å². The van der Waals surface area contributed by atoms with Crippen LogP contribution in [0, 0.1) is 20.2 Å². The molecule has 31 heavy (non-hydrogen) atoms. The lowest BCUT2D eigenvalue weighted by Gasteiger charge is -2.01. The van der Waals surface area contributed by atoms with Crippen LogP contribution in [0.4, 0.5) is 17.1 Å². The van der Waals surface area contributed by atoms with Crippen molar-refractivity contribution in [1.82, 2.24) is 9.97 Å². The summed E-state index contributed by atoms with van der Waals surface area (Å²) in [5, 5.41) is 32.4. The fraction of sp³-hybridized carbons (Fsp3) is 0. The lowest BCUT2D eigenvalue weighted by Crippen LogP contribution is -1.96. The molecule has 0 amide bonds. The highest BCUT2D eigenvalue weighted by atomic mass is 35.5. The maximum absolute atomic E-state index is 11.1. The van der Waals surface area contributed by atoms with Crippen LogP contribution in [-0.4, -0.2) is 31.1 Å². The average molecular weight is 440 g/mol. The second-order valence-corrected chi connectivity index (χ2v) is 6.55. The summed E-state index contributed by atoms with van der Waals surface area (Å²) in [6.07, 6.45) is 2.63. The number of nitrogens with zero attached hydrogens (tertiary/aromatic N) is 5. The lowest BCUT2D eigenvalue weighted by molar-refractivity contribution is -0.394. The largest absolute Gasteiger partial charge is 0.502 e. The fourth-order valence-electron chi connectivity index (χ4n) is 2.77. The zero-order valence-corrected chi connectivity index (χ0v) is 16.1. The molecule has 0 aliphatic rings. The van der Waals surface area contributed by atoms with Gasteiger partial charge in [0, 0.05) is 24.0 Å². The summed E-state index contributed by atoms with van der Waals surface area (Å²) < 4.78 is 5.68. The van der Waals surface area contributed by atoms with Crippen molar-refractivity contribution in [2.75, 3.05) is 0 Å². The van der Waals surface area contributed by atoms with Crippen LogP contribution >= 0.6 is 11.6 Å². The standard InChI is InChI=1S/C19H10ClN5O6/c20-18-13(2-1-5-21-18)19-23-14-7-11(3-4-16(14)31-19)22-9-10-6-12(24(27)28)8-15(17(10)26)25(29)30/h1-9,26H. The molecule has 12 heteroatoms. The van der Waals surface area contributed by atoms with Crippen LogP contribution in [0.2, 0.25) is 5.15 Å². The molecule has 0 bridgehead atoms. The van der Waals surface area contributed by atoms with Gasteiger partial charge in [-0.3, -0.25) is 25.2 Å². The number of aromatic hydroxyl groups is 1. The molecule has 11 nitrogen and oxygen atoms in total. The Morgan fingerprint density at radius 2 is 1.94 bits per heavy atom. The summed E-state index contributed by atoms with van der Waals surface area (Å²) >= 11 is 6.07. The van der Waals surface area contributed by atoms with Gasteiger partial charge in [0.15, 0.2) is 5.58 Å². The highest BCUT2D eigenvalue weighted by Gasteiger charge is 2.23. The van der Waals surface area contributed by atoms with Crippen molar-refractivity contribution in [1.29, 1.82) is 0 Å². The second-order valence-electron chi connectivity index (χ2n) is 6.19. The van der Waals surface area contributed by atoms with Gasteiger partial charge in [0.25, 0.3) is 5.69 Å². The van der Waals surface area contributed by atoms with E-state index in [2.05, 4.69) is 15.0 Å². The summed E-state index contributed by atoms with van der Waals surface area (Å²) in [5.74, 6) is -0.462. The van der Waals surface area contributed by atoms with Crippen molar-refractivity contribution < 1.29 is 19.4 Å². The van der Waals surface area contributed by atoms with Crippen molar-refractivity contribution in [3.8, 4) is 17.2 Å². The maximum Gasteiger partial charge on any atom is 0.318 e. The third-order valence-electron chi connectivity index (χ3n) is 4.22. The van der Waals surface area contributed by atoms with Crippen molar-refractivity contribution in [2.45, 2.75) is 0 Å². The Hall–Kier alpha value is -4.38. The number of rotatable bonds is 5. The van der Waals surface area contributed by atoms with E-state index in [0.717, 1.165) is 12.3 Å². The molecule has 1 N–H and O–H groups in total. The number of phenols is 1. The minimum atomic E-state index is -0.910. The van der Waals surface area contributed by atoms with Crippen molar-refractivity contribution in [3.63, 3.8) is 0 Å². The van der Waals surface area contributed by atoms with Crippen LogP contribution in [0.15, 0.2) is 58.1 Å². The number of hydrogen-bond donors (Lipinski definition) is 1. The summed E-state index contributed by atoms with van der Waals surface area (Å²) in [5.41, 5.74) is 0.291. The molecule has 0 spiro atoms. The number of nitro groups is 2. The lowest BCUT2D eigenvalue weighted by atomic mass is 10.1. The average Bonchev–Trinajstić information content (AvgIpc) is 3.16. The molecule has 0 saturated carbocycles. The van der Waals surface area contributed by atoms with E-state index < -0.39 is 27.0 Å². The molecule has 0 aliphatic heterocycles. The van der Waals surface area contributed by atoms with Gasteiger partial charge in [-0.05, 0) is 30.3 Å². The molecule has 154 valence electrons. The number of phenolic OH excluding ortho intramolecular Hbond substituents is 1. The van der Waals surface area contributed by atoms with E-state index in [9.17, 15) is 25.3 Å². The van der Waals surface area contributed by atoms with Crippen LogP contribution in [-0.2, 0) is 0 Å². The van der Waals surface area contributed by atoms with Gasteiger partial charge < -0.3 is 9.52 Å². The molecule has 4 aromatic rings. The van der Waals surface area contributed by atoms with Crippen molar-refractivity contribution in [3.05, 3.63) is 79.6 Å². The number of aromatic nitrogens is 2. The van der Waals surface area contributed by atoms with E-state index in [-0.39, 0.29) is 16.6 Å². The van der Waals surface area contributed by atoms with Gasteiger partial charge in [0.1, 0.15) is 10.7 Å². The molecule has 0 unspecified atom stereocenters. The SMILES string of the molecule is O=[N+]([O-])c1cc(C=Nc2ccc3oc(-c4cccnc4Cl)nc3c2)c(O)c([N+](=O)[O-])c1. The third kappa shape index (κ3) is 3.89. The Bertz CT molecular complexity index is 1380. The number of oxazole rings is 1. The molecule has 0 atom stereocenters. The molecule has 0 saturated heterocycles. The zero-order chi connectivity index (χ0) is 22.1. The number of pyridine rings is 1. The third-order valence-corrected chi connectivity index (χ3v) is 4.53. The molecule has 4 rings (SSSR count). The molecule has 0 radical (unpaired) electrons. The molecule has 0 fully saturated rings. The first-order valence-corrected chi connectivity index (χ1v) is 8.92. The molecule has 2 aromatic heterocycles. The minimum Gasteiger partial charge on any atom is -0.502 e.